The Kier molecular flexibility index (Phi) is 18.7. The highest BCUT2D eigenvalue weighted by molar-refractivity contribution is 6.89. The average molecular weight is 1740 g/mol. The third-order valence-corrected chi connectivity index (χ3v) is 29.3. The number of hydrogen-bond donors (Lipinski definition) is 0. The lowest BCUT2D eigenvalue weighted by atomic mass is 9.85. The zero-order valence-electron chi connectivity index (χ0n) is 69.7. The Bertz CT molecular complexity index is 7210. The fourth-order valence-corrected chi connectivity index (χ4v) is 21.6. The molecule has 0 radical (unpaired) electrons. The molecule has 19 heteroatoms. The summed E-state index contributed by atoms with van der Waals surface area (Å²) in [6.07, 6.45) is -4.61. The first-order chi connectivity index (χ1) is 61.2. The molecule has 0 saturated heterocycles. The van der Waals surface area contributed by atoms with Gasteiger partial charge in [-0.05, 0) is 294 Å². The fourth-order valence-electron chi connectivity index (χ4n) is 19.2. The molecule has 0 fully saturated rings. The minimum absolute atomic E-state index is 0.210. The largest absolute Gasteiger partial charge is 0.416 e. The summed E-state index contributed by atoms with van der Waals surface area (Å²) in [6, 6.07) is 88.7. The molecule has 0 N–H and O–H groups in total. The summed E-state index contributed by atoms with van der Waals surface area (Å²) in [5, 5.41) is 13.7. The number of aromatic nitrogens is 4. The summed E-state index contributed by atoms with van der Waals surface area (Å²) in [6.45, 7) is 14.9. The van der Waals surface area contributed by atoms with Crippen LogP contribution in [0.1, 0.15) is 18.1 Å². The Morgan fingerprint density at radius 2 is 0.383 bits per heavy atom. The Hall–Kier alpha value is -14.3. The van der Waals surface area contributed by atoms with Gasteiger partial charge in [0.15, 0.2) is 0 Å². The van der Waals surface area contributed by atoms with Gasteiger partial charge in [0, 0.05) is 78.3 Å². The van der Waals surface area contributed by atoms with E-state index in [1.807, 2.05) is 45.5 Å². The summed E-state index contributed by atoms with van der Waals surface area (Å²) in [4.78, 5) is 0. The third kappa shape index (κ3) is 13.6. The normalized spacial score (nSPS) is 12.5. The standard InChI is InChI=1S/C56H44F4N2Si2.C53H29F9N2/c1-63(2,3)41-17-7-33(8-18-41)55-43-21-15-40(62-53-25-13-37(59)29-47(53)48-30-38(60)14-26-54(48)62)32-50(43)56(34-9-19-42(20-10-34)64(4,5)6)44-22-16-39(31-49(44)55)61-51-23-11-35(57)27-45(51)46-28-36(58)12-24-52(46)61;1-52(58,59)30-6-2-28(3-7-30)50-38-16-14-37(64-48-20-12-34(56)24-42(48)43-25-35(57)13-21-49(43)64)27-45(38)51(29-4-8-31(9-5-29)53(60,61)62)39-17-15-36(26-44(39)50)63-46-18-10-32(54)22-40(46)41-23-33(55)11-19-47(41)63/h7-32H,1-6H3;2-27H,1H3. The predicted octanol–water partition coefficient (Wildman–Crippen LogP) is 31.4. The van der Waals surface area contributed by atoms with Crippen LogP contribution in [-0.4, -0.2) is 34.4 Å². The summed E-state index contributed by atoms with van der Waals surface area (Å²) < 4.78 is 197. The molecule has 18 aromatic carbocycles. The zero-order valence-corrected chi connectivity index (χ0v) is 71.7. The summed E-state index contributed by atoms with van der Waals surface area (Å²) in [5.41, 5.74) is 13.7. The molecule has 628 valence electrons. The topological polar surface area (TPSA) is 19.7 Å². The molecule has 0 atom stereocenters. The van der Waals surface area contributed by atoms with Crippen LogP contribution in [0.4, 0.5) is 57.1 Å². The van der Waals surface area contributed by atoms with E-state index in [0.717, 1.165) is 96.3 Å². The molecule has 0 bridgehead atoms. The minimum atomic E-state index is -4.61. The Labute approximate surface area is 726 Å². The van der Waals surface area contributed by atoms with E-state index in [1.165, 1.54) is 132 Å². The highest BCUT2D eigenvalue weighted by atomic mass is 28.3. The molecule has 4 aromatic heterocycles. The molecule has 0 spiro atoms. The number of benzene rings is 18. The van der Waals surface area contributed by atoms with Gasteiger partial charge in [0.05, 0.1) is 65.8 Å². The van der Waals surface area contributed by atoms with Gasteiger partial charge in [0.25, 0.3) is 5.92 Å². The lowest BCUT2D eigenvalue weighted by Crippen LogP contribution is -2.37. The van der Waals surface area contributed by atoms with Crippen molar-refractivity contribution < 1.29 is 57.1 Å². The van der Waals surface area contributed by atoms with Crippen LogP contribution in [0.3, 0.4) is 0 Å². The van der Waals surface area contributed by atoms with Crippen molar-refractivity contribution >= 4 is 157 Å². The summed E-state index contributed by atoms with van der Waals surface area (Å²) in [7, 11) is -3.27. The van der Waals surface area contributed by atoms with Crippen LogP contribution >= 0.6 is 0 Å². The quantitative estimate of drug-likeness (QED) is 0.0699. The average Bonchev–Trinajstić information content (AvgIpc) is 1.18. The lowest BCUT2D eigenvalue weighted by Gasteiger charge is -2.22. The molecular weight excluding hydrogens is 1670 g/mol. The van der Waals surface area contributed by atoms with Gasteiger partial charge in [-0.25, -0.2) is 43.9 Å². The zero-order chi connectivity index (χ0) is 88.8. The molecule has 0 unspecified atom stereocenters. The van der Waals surface area contributed by atoms with Crippen molar-refractivity contribution in [1.82, 2.24) is 18.3 Å². The maximum atomic E-state index is 14.8. The molecule has 0 amide bonds. The molecule has 0 aliphatic rings. The van der Waals surface area contributed by atoms with Crippen LogP contribution in [0.5, 0.6) is 0 Å². The van der Waals surface area contributed by atoms with Crippen LogP contribution in [0, 0.1) is 46.5 Å². The number of hydrogen-bond acceptors (Lipinski definition) is 0. The van der Waals surface area contributed by atoms with Gasteiger partial charge in [0.1, 0.15) is 46.5 Å². The van der Waals surface area contributed by atoms with Gasteiger partial charge in [0.2, 0.25) is 0 Å². The molecular formula is C109H73F13N4Si2. The second kappa shape index (κ2) is 29.7. The van der Waals surface area contributed by atoms with Gasteiger partial charge in [-0.1, -0.05) is 159 Å². The van der Waals surface area contributed by atoms with Crippen molar-refractivity contribution in [2.75, 3.05) is 0 Å². The number of halogens is 13. The first-order valence-corrected chi connectivity index (χ1v) is 48.8. The molecule has 4 nitrogen and oxygen atoms in total. The number of rotatable bonds is 11. The third-order valence-electron chi connectivity index (χ3n) is 25.2. The molecule has 22 rings (SSSR count). The van der Waals surface area contributed by atoms with Crippen molar-refractivity contribution in [2.45, 2.75) is 58.3 Å². The van der Waals surface area contributed by atoms with E-state index in [2.05, 4.69) is 133 Å². The van der Waals surface area contributed by atoms with Gasteiger partial charge in [-0.3, -0.25) is 0 Å². The van der Waals surface area contributed by atoms with Crippen LogP contribution < -0.4 is 10.4 Å². The van der Waals surface area contributed by atoms with E-state index in [1.54, 1.807) is 60.7 Å². The first kappa shape index (κ1) is 80.8. The van der Waals surface area contributed by atoms with Crippen molar-refractivity contribution in [1.29, 1.82) is 0 Å². The lowest BCUT2D eigenvalue weighted by molar-refractivity contribution is -0.137. The van der Waals surface area contributed by atoms with Gasteiger partial charge in [-0.15, -0.1) is 0 Å². The minimum Gasteiger partial charge on any atom is -0.309 e. The fraction of sp³-hybridized carbons (Fsp3) is 0.0826. The van der Waals surface area contributed by atoms with Crippen LogP contribution in [0.25, 0.3) is 198 Å². The van der Waals surface area contributed by atoms with E-state index in [0.29, 0.717) is 120 Å². The molecule has 22 aromatic rings. The maximum Gasteiger partial charge on any atom is 0.416 e. The number of nitrogens with zero attached hydrogens (tertiary/aromatic N) is 4. The molecule has 128 heavy (non-hydrogen) atoms. The van der Waals surface area contributed by atoms with Crippen molar-refractivity contribution in [3.8, 4) is 67.3 Å². The van der Waals surface area contributed by atoms with Crippen molar-refractivity contribution in [2.24, 2.45) is 0 Å². The van der Waals surface area contributed by atoms with E-state index in [9.17, 15) is 57.1 Å². The van der Waals surface area contributed by atoms with Gasteiger partial charge in [-0.2, -0.15) is 13.2 Å². The van der Waals surface area contributed by atoms with Crippen LogP contribution in [0.2, 0.25) is 39.3 Å². The van der Waals surface area contributed by atoms with Gasteiger partial charge < -0.3 is 18.3 Å². The number of fused-ring (bicyclic) bond motifs is 16. The molecule has 4 heterocycles. The van der Waals surface area contributed by atoms with Crippen molar-refractivity contribution in [3.63, 3.8) is 0 Å². The van der Waals surface area contributed by atoms with Crippen LogP contribution in [0.15, 0.2) is 315 Å². The second-order valence-electron chi connectivity index (χ2n) is 35.2. The molecule has 0 aliphatic heterocycles. The van der Waals surface area contributed by atoms with Crippen LogP contribution in [-0.2, 0) is 12.1 Å². The highest BCUT2D eigenvalue weighted by Crippen LogP contribution is 2.51. The van der Waals surface area contributed by atoms with E-state index in [4.69, 9.17) is 0 Å². The van der Waals surface area contributed by atoms with E-state index in [-0.39, 0.29) is 28.8 Å². The summed E-state index contributed by atoms with van der Waals surface area (Å²) in [5.74, 6) is -6.70. The van der Waals surface area contributed by atoms with Crippen molar-refractivity contribution in [3.05, 3.63) is 373 Å². The summed E-state index contributed by atoms with van der Waals surface area (Å²) >= 11 is 0. The van der Waals surface area contributed by atoms with E-state index < -0.39 is 57.1 Å². The SMILES string of the molecule is CC(F)(F)c1ccc(-c2c3ccc(-n4c5ccc(F)cc5c5cc(F)ccc54)cc3c(-c3ccc(C(F)(F)F)cc3)c3ccc(-n4c5ccc(F)cc5c5cc(F)ccc54)cc23)cc1.C[Si](C)(C)c1ccc(-c2c3ccc(-n4c5ccc(F)cc5c5cc(F)ccc54)cc3c(-c3ccc([Si](C)(C)C)cc3)c3ccc(-n4c5ccc(F)cc5c5cc(F)ccc54)cc23)cc1. The molecule has 0 aliphatic carbocycles. The highest BCUT2D eigenvalue weighted by Gasteiger charge is 2.33. The van der Waals surface area contributed by atoms with Gasteiger partial charge >= 0.3 is 6.18 Å². The number of alkyl halides is 5. The smallest absolute Gasteiger partial charge is 0.309 e. The monoisotopic (exact) mass is 1740 g/mol. The Balaban J connectivity index is 0.000000156. The Morgan fingerprint density at radius 1 is 0.195 bits per heavy atom. The predicted molar refractivity (Wildman–Crippen MR) is 502 cm³/mol. The molecule has 0 saturated carbocycles. The Morgan fingerprint density at radius 3 is 0.562 bits per heavy atom. The second-order valence-corrected chi connectivity index (χ2v) is 45.4. The maximum absolute atomic E-state index is 14.8. The van der Waals surface area contributed by atoms with E-state index >= 15 is 0 Å². The first-order valence-electron chi connectivity index (χ1n) is 41.8.